The molecule has 0 aliphatic carbocycles. The van der Waals surface area contributed by atoms with E-state index in [9.17, 15) is 9.59 Å². The fourth-order valence-electron chi connectivity index (χ4n) is 2.53. The van der Waals surface area contributed by atoms with Crippen molar-refractivity contribution >= 4 is 40.9 Å². The molecule has 2 aromatic carbocycles. The Bertz CT molecular complexity index is 1050. The van der Waals surface area contributed by atoms with E-state index < -0.39 is 0 Å². The van der Waals surface area contributed by atoms with E-state index in [-0.39, 0.29) is 11.8 Å². The maximum absolute atomic E-state index is 12.8. The Hall–Kier alpha value is -2.84. The number of amides is 2. The molecule has 9 heteroatoms. The predicted molar refractivity (Wildman–Crippen MR) is 112 cm³/mol. The SMILES string of the molecule is Cc1nc(CSc2ccccc2C(=O)Nc2ccc(Cl)c(C(=O)N(C)C)c2)no1. The van der Waals surface area contributed by atoms with Gasteiger partial charge >= 0.3 is 0 Å². The van der Waals surface area contributed by atoms with Gasteiger partial charge in [-0.15, -0.1) is 11.8 Å². The summed E-state index contributed by atoms with van der Waals surface area (Å²) < 4.78 is 4.97. The monoisotopic (exact) mass is 430 g/mol. The number of aryl methyl sites for hydroxylation is 1. The number of thioether (sulfide) groups is 1. The van der Waals surface area contributed by atoms with Gasteiger partial charge in [-0.3, -0.25) is 9.59 Å². The van der Waals surface area contributed by atoms with Gasteiger partial charge in [-0.25, -0.2) is 0 Å². The zero-order valence-corrected chi connectivity index (χ0v) is 17.7. The molecule has 0 unspecified atom stereocenters. The lowest BCUT2D eigenvalue weighted by atomic mass is 10.1. The maximum atomic E-state index is 12.8. The van der Waals surface area contributed by atoms with E-state index in [2.05, 4.69) is 15.5 Å². The summed E-state index contributed by atoms with van der Waals surface area (Å²) in [6.45, 7) is 1.73. The minimum Gasteiger partial charge on any atom is -0.345 e. The summed E-state index contributed by atoms with van der Waals surface area (Å²) in [6, 6.07) is 12.1. The van der Waals surface area contributed by atoms with E-state index in [0.717, 1.165) is 4.90 Å². The molecule has 0 atom stereocenters. The molecular formula is C20H19ClN4O3S. The summed E-state index contributed by atoms with van der Waals surface area (Å²) in [5.41, 5.74) is 1.32. The largest absolute Gasteiger partial charge is 0.345 e. The van der Waals surface area contributed by atoms with E-state index in [1.165, 1.54) is 16.7 Å². The van der Waals surface area contributed by atoms with E-state index in [1.54, 1.807) is 51.4 Å². The van der Waals surface area contributed by atoms with E-state index in [0.29, 0.717) is 39.3 Å². The van der Waals surface area contributed by atoms with Crippen LogP contribution in [0.2, 0.25) is 5.02 Å². The van der Waals surface area contributed by atoms with Crippen molar-refractivity contribution in [2.75, 3.05) is 19.4 Å². The molecule has 0 aliphatic heterocycles. The number of rotatable bonds is 6. The van der Waals surface area contributed by atoms with E-state index in [1.807, 2.05) is 12.1 Å². The Balaban J connectivity index is 1.77. The Labute approximate surface area is 177 Å². The molecule has 1 aromatic heterocycles. The highest BCUT2D eigenvalue weighted by molar-refractivity contribution is 7.98. The number of aromatic nitrogens is 2. The number of hydrogen-bond donors (Lipinski definition) is 1. The van der Waals surface area contributed by atoms with E-state index in [4.69, 9.17) is 16.1 Å². The van der Waals surface area contributed by atoms with Gasteiger partial charge in [0.25, 0.3) is 11.8 Å². The molecule has 1 heterocycles. The molecule has 3 rings (SSSR count). The predicted octanol–water partition coefficient (Wildman–Crippen LogP) is 4.28. The van der Waals surface area contributed by atoms with Gasteiger partial charge in [0.1, 0.15) is 0 Å². The first kappa shape index (κ1) is 20.9. The van der Waals surface area contributed by atoms with Gasteiger partial charge < -0.3 is 14.7 Å². The van der Waals surface area contributed by atoms with Gasteiger partial charge in [0.15, 0.2) is 5.82 Å². The first-order valence-electron chi connectivity index (χ1n) is 8.68. The molecule has 0 radical (unpaired) electrons. The van der Waals surface area contributed by atoms with Gasteiger partial charge in [-0.05, 0) is 30.3 Å². The highest BCUT2D eigenvalue weighted by Crippen LogP contribution is 2.27. The quantitative estimate of drug-likeness (QED) is 0.587. The molecule has 150 valence electrons. The second-order valence-corrected chi connectivity index (χ2v) is 7.79. The lowest BCUT2D eigenvalue weighted by molar-refractivity contribution is 0.0827. The molecule has 0 aliphatic rings. The van der Waals surface area contributed by atoms with Crippen LogP contribution in [0.3, 0.4) is 0 Å². The fourth-order valence-corrected chi connectivity index (χ4v) is 3.62. The molecule has 0 spiro atoms. The Morgan fingerprint density at radius 1 is 1.17 bits per heavy atom. The number of nitrogens with one attached hydrogen (secondary N) is 1. The van der Waals surface area contributed by atoms with E-state index >= 15 is 0 Å². The first-order valence-corrected chi connectivity index (χ1v) is 10.0. The van der Waals surface area contributed by atoms with Crippen molar-refractivity contribution in [1.29, 1.82) is 0 Å². The van der Waals surface area contributed by atoms with Crippen molar-refractivity contribution in [2.45, 2.75) is 17.6 Å². The highest BCUT2D eigenvalue weighted by atomic mass is 35.5. The average Bonchev–Trinajstić information content (AvgIpc) is 3.12. The van der Waals surface area contributed by atoms with Gasteiger partial charge in [0, 0.05) is 31.6 Å². The second kappa shape index (κ2) is 9.11. The third-order valence-corrected chi connectivity index (χ3v) is 5.32. The topological polar surface area (TPSA) is 88.3 Å². The number of carbonyl (C=O) groups excluding carboxylic acids is 2. The zero-order valence-electron chi connectivity index (χ0n) is 16.1. The Kier molecular flexibility index (Phi) is 6.56. The first-order chi connectivity index (χ1) is 13.8. The van der Waals surface area contributed by atoms with Crippen molar-refractivity contribution in [2.24, 2.45) is 0 Å². The zero-order chi connectivity index (χ0) is 21.0. The van der Waals surface area contributed by atoms with Crippen LogP contribution in [-0.2, 0) is 5.75 Å². The molecule has 0 bridgehead atoms. The summed E-state index contributed by atoms with van der Waals surface area (Å²) in [7, 11) is 3.28. The summed E-state index contributed by atoms with van der Waals surface area (Å²) in [4.78, 5) is 31.5. The average molecular weight is 431 g/mol. The standard InChI is InChI=1S/C20H19ClN4O3S/c1-12-22-18(24-28-12)11-29-17-7-5-4-6-14(17)19(26)23-13-8-9-16(21)15(10-13)20(27)25(2)3/h4-10H,11H2,1-3H3,(H,23,26). The van der Waals surface area contributed by atoms with Crippen LogP contribution in [0.5, 0.6) is 0 Å². The number of halogens is 1. The lowest BCUT2D eigenvalue weighted by Gasteiger charge is -2.14. The van der Waals surface area contributed by atoms with Crippen LogP contribution in [0, 0.1) is 6.92 Å². The lowest BCUT2D eigenvalue weighted by Crippen LogP contribution is -2.22. The maximum Gasteiger partial charge on any atom is 0.256 e. The van der Waals surface area contributed by atoms with Crippen molar-refractivity contribution in [3.8, 4) is 0 Å². The third kappa shape index (κ3) is 5.16. The molecule has 7 nitrogen and oxygen atoms in total. The number of benzene rings is 2. The van der Waals surface area contributed by atoms with Crippen LogP contribution >= 0.6 is 23.4 Å². The van der Waals surface area contributed by atoms with Crippen molar-refractivity contribution < 1.29 is 14.1 Å². The van der Waals surface area contributed by atoms with Crippen LogP contribution in [0.25, 0.3) is 0 Å². The van der Waals surface area contributed by atoms with Crippen molar-refractivity contribution in [3.63, 3.8) is 0 Å². The van der Waals surface area contributed by atoms with Crippen LogP contribution in [0.15, 0.2) is 51.9 Å². The molecule has 0 saturated heterocycles. The summed E-state index contributed by atoms with van der Waals surface area (Å²) in [6.07, 6.45) is 0. The number of hydrogen-bond acceptors (Lipinski definition) is 6. The second-order valence-electron chi connectivity index (χ2n) is 6.36. The van der Waals surface area contributed by atoms with Crippen LogP contribution in [0.4, 0.5) is 5.69 Å². The smallest absolute Gasteiger partial charge is 0.256 e. The molecular weight excluding hydrogens is 412 g/mol. The van der Waals surface area contributed by atoms with Crippen LogP contribution < -0.4 is 5.32 Å². The summed E-state index contributed by atoms with van der Waals surface area (Å²) in [5.74, 6) is 1.01. The molecule has 1 N–H and O–H groups in total. The number of carbonyl (C=O) groups is 2. The van der Waals surface area contributed by atoms with Gasteiger partial charge in [0.2, 0.25) is 5.89 Å². The minimum absolute atomic E-state index is 0.238. The van der Waals surface area contributed by atoms with Crippen LogP contribution in [0.1, 0.15) is 32.4 Å². The third-order valence-electron chi connectivity index (χ3n) is 3.92. The molecule has 2 amide bonds. The summed E-state index contributed by atoms with van der Waals surface area (Å²) in [5, 5.41) is 7.02. The fraction of sp³-hybridized carbons (Fsp3) is 0.200. The molecule has 29 heavy (non-hydrogen) atoms. The molecule has 0 fully saturated rings. The number of nitrogens with zero attached hydrogens (tertiary/aromatic N) is 3. The van der Waals surface area contributed by atoms with Crippen molar-refractivity contribution in [1.82, 2.24) is 15.0 Å². The Morgan fingerprint density at radius 3 is 2.62 bits per heavy atom. The van der Waals surface area contributed by atoms with Crippen LogP contribution in [-0.4, -0.2) is 41.0 Å². The van der Waals surface area contributed by atoms with Crippen molar-refractivity contribution in [3.05, 3.63) is 70.3 Å². The minimum atomic E-state index is -0.289. The van der Waals surface area contributed by atoms with Gasteiger partial charge in [-0.2, -0.15) is 4.98 Å². The highest BCUT2D eigenvalue weighted by Gasteiger charge is 2.16. The molecule has 0 saturated carbocycles. The molecule has 3 aromatic rings. The number of anilines is 1. The Morgan fingerprint density at radius 2 is 1.93 bits per heavy atom. The normalized spacial score (nSPS) is 10.6. The van der Waals surface area contributed by atoms with Gasteiger partial charge in [0.05, 0.1) is 21.9 Å². The van der Waals surface area contributed by atoms with Gasteiger partial charge in [-0.1, -0.05) is 28.9 Å². The summed E-state index contributed by atoms with van der Waals surface area (Å²) >= 11 is 7.57.